The predicted octanol–water partition coefficient (Wildman–Crippen LogP) is 3.37. The van der Waals surface area contributed by atoms with E-state index in [1.165, 1.54) is 6.07 Å². The van der Waals surface area contributed by atoms with Crippen LogP contribution >= 0.6 is 0 Å². The lowest BCUT2D eigenvalue weighted by molar-refractivity contribution is -0.141. The van der Waals surface area contributed by atoms with Crippen LogP contribution in [0.4, 0.5) is 30.4 Å². The van der Waals surface area contributed by atoms with E-state index in [0.717, 1.165) is 18.2 Å². The summed E-state index contributed by atoms with van der Waals surface area (Å²) in [6, 6.07) is 9.15. The molecular formula is C15H13F3N4O. The second-order valence-electron chi connectivity index (χ2n) is 5.13. The summed E-state index contributed by atoms with van der Waals surface area (Å²) in [5, 5.41) is 9.56. The molecular weight excluding hydrogens is 309 g/mol. The first-order valence-corrected chi connectivity index (χ1v) is 7.02. The van der Waals surface area contributed by atoms with Crippen LogP contribution in [-0.4, -0.2) is 22.6 Å². The van der Waals surface area contributed by atoms with E-state index < -0.39 is 11.9 Å². The highest BCUT2D eigenvalue weighted by Gasteiger charge is 2.32. The summed E-state index contributed by atoms with van der Waals surface area (Å²) < 4.78 is 37.3. The molecule has 0 bridgehead atoms. The first kappa shape index (κ1) is 15.3. The third-order valence-electron chi connectivity index (χ3n) is 3.46. The molecule has 0 saturated carbocycles. The molecule has 2 aromatic rings. The zero-order valence-electron chi connectivity index (χ0n) is 12.0. The molecule has 0 spiro atoms. The fourth-order valence-electron chi connectivity index (χ4n) is 2.37. The van der Waals surface area contributed by atoms with Crippen LogP contribution in [0, 0.1) is 0 Å². The molecule has 8 heteroatoms. The van der Waals surface area contributed by atoms with Gasteiger partial charge in [-0.05, 0) is 36.8 Å². The molecule has 1 N–H and O–H groups in total. The van der Waals surface area contributed by atoms with Crippen molar-refractivity contribution in [2.45, 2.75) is 19.0 Å². The third kappa shape index (κ3) is 3.41. The zero-order valence-corrected chi connectivity index (χ0v) is 12.0. The van der Waals surface area contributed by atoms with Crippen molar-refractivity contribution in [3.63, 3.8) is 0 Å². The molecule has 1 aliphatic rings. The van der Waals surface area contributed by atoms with Gasteiger partial charge in [0.25, 0.3) is 0 Å². The topological polar surface area (TPSA) is 58.1 Å². The fraction of sp³-hybridized carbons (Fsp3) is 0.267. The molecule has 120 valence electrons. The van der Waals surface area contributed by atoms with Crippen LogP contribution in [0.2, 0.25) is 0 Å². The lowest BCUT2D eigenvalue weighted by Crippen LogP contribution is -2.23. The van der Waals surface area contributed by atoms with E-state index in [-0.39, 0.29) is 11.7 Å². The van der Waals surface area contributed by atoms with Gasteiger partial charge >= 0.3 is 6.18 Å². The molecule has 23 heavy (non-hydrogen) atoms. The molecule has 1 amide bonds. The van der Waals surface area contributed by atoms with Gasteiger partial charge in [-0.3, -0.25) is 4.79 Å². The number of aromatic nitrogens is 2. The summed E-state index contributed by atoms with van der Waals surface area (Å²) in [7, 11) is 0. The van der Waals surface area contributed by atoms with Gasteiger partial charge in [0.2, 0.25) is 5.91 Å². The molecule has 5 nitrogen and oxygen atoms in total. The maximum Gasteiger partial charge on any atom is 0.435 e. The van der Waals surface area contributed by atoms with E-state index in [2.05, 4.69) is 15.5 Å². The second kappa shape index (κ2) is 5.86. The Labute approximate surface area is 130 Å². The Morgan fingerprint density at radius 3 is 2.57 bits per heavy atom. The van der Waals surface area contributed by atoms with Gasteiger partial charge in [-0.2, -0.15) is 13.2 Å². The van der Waals surface area contributed by atoms with Gasteiger partial charge < -0.3 is 10.2 Å². The molecule has 1 aliphatic heterocycles. The van der Waals surface area contributed by atoms with Crippen molar-refractivity contribution in [1.29, 1.82) is 0 Å². The van der Waals surface area contributed by atoms with Crippen molar-refractivity contribution < 1.29 is 18.0 Å². The summed E-state index contributed by atoms with van der Waals surface area (Å²) >= 11 is 0. The fourth-order valence-corrected chi connectivity index (χ4v) is 2.37. The van der Waals surface area contributed by atoms with Crippen molar-refractivity contribution in [3.8, 4) is 0 Å². The number of nitrogens with zero attached hydrogens (tertiary/aromatic N) is 3. The molecule has 2 heterocycles. The van der Waals surface area contributed by atoms with E-state index in [1.54, 1.807) is 23.1 Å². The Balaban J connectivity index is 1.77. The molecule has 1 fully saturated rings. The normalized spacial score (nSPS) is 15.1. The average molecular weight is 322 g/mol. The van der Waals surface area contributed by atoms with Gasteiger partial charge in [0, 0.05) is 24.3 Å². The van der Waals surface area contributed by atoms with Crippen LogP contribution in [0.15, 0.2) is 36.4 Å². The van der Waals surface area contributed by atoms with Gasteiger partial charge in [-0.25, -0.2) is 0 Å². The van der Waals surface area contributed by atoms with E-state index in [9.17, 15) is 18.0 Å². The molecule has 0 unspecified atom stereocenters. The molecule has 1 saturated heterocycles. The maximum absolute atomic E-state index is 12.4. The monoisotopic (exact) mass is 322 g/mol. The number of rotatable bonds is 3. The molecule has 1 aromatic heterocycles. The second-order valence-corrected chi connectivity index (χ2v) is 5.13. The first-order valence-electron chi connectivity index (χ1n) is 7.02. The number of carbonyl (C=O) groups excluding carboxylic acids is 1. The minimum atomic E-state index is -4.51. The molecule has 3 rings (SSSR count). The van der Waals surface area contributed by atoms with Crippen molar-refractivity contribution >= 4 is 23.1 Å². The van der Waals surface area contributed by atoms with E-state index in [1.807, 2.05) is 6.07 Å². The number of amides is 1. The standard InChI is InChI=1S/C15H13F3N4O/c16-15(17,18)12-6-7-13(21-20-12)19-10-3-1-4-11(9-10)22-8-2-5-14(22)23/h1,3-4,6-7,9H,2,5,8H2,(H,19,21). The SMILES string of the molecule is O=C1CCCN1c1cccc(Nc2ccc(C(F)(F)F)nn2)c1. The number of nitrogens with one attached hydrogen (secondary N) is 1. The van der Waals surface area contributed by atoms with Gasteiger partial charge in [0.1, 0.15) is 0 Å². The van der Waals surface area contributed by atoms with Crippen molar-refractivity contribution in [1.82, 2.24) is 10.2 Å². The minimum absolute atomic E-state index is 0.0662. The van der Waals surface area contributed by atoms with Crippen LogP contribution in [-0.2, 0) is 11.0 Å². The smallest absolute Gasteiger partial charge is 0.339 e. The summed E-state index contributed by atoms with van der Waals surface area (Å²) in [6.07, 6.45) is -3.16. The summed E-state index contributed by atoms with van der Waals surface area (Å²) in [6.45, 7) is 0.669. The Morgan fingerprint density at radius 2 is 1.96 bits per heavy atom. The molecule has 1 aromatic carbocycles. The van der Waals surface area contributed by atoms with Crippen molar-refractivity contribution in [2.24, 2.45) is 0 Å². The zero-order chi connectivity index (χ0) is 16.4. The molecule has 0 radical (unpaired) electrons. The summed E-state index contributed by atoms with van der Waals surface area (Å²) in [5.74, 6) is 0.263. The van der Waals surface area contributed by atoms with E-state index >= 15 is 0 Å². The number of halogens is 3. The summed E-state index contributed by atoms with van der Waals surface area (Å²) in [4.78, 5) is 13.4. The number of benzene rings is 1. The van der Waals surface area contributed by atoms with Crippen LogP contribution in [0.3, 0.4) is 0 Å². The predicted molar refractivity (Wildman–Crippen MR) is 78.3 cm³/mol. The Morgan fingerprint density at radius 1 is 1.13 bits per heavy atom. The quantitative estimate of drug-likeness (QED) is 0.941. The van der Waals surface area contributed by atoms with Gasteiger partial charge in [-0.1, -0.05) is 6.07 Å². The van der Waals surface area contributed by atoms with Crippen LogP contribution in [0.25, 0.3) is 0 Å². The average Bonchev–Trinajstić information content (AvgIpc) is 2.93. The van der Waals surface area contributed by atoms with E-state index in [4.69, 9.17) is 0 Å². The lowest BCUT2D eigenvalue weighted by Gasteiger charge is -2.16. The molecule has 0 atom stereocenters. The highest BCUT2D eigenvalue weighted by atomic mass is 19.4. The Bertz CT molecular complexity index is 715. The Kier molecular flexibility index (Phi) is 3.89. The number of alkyl halides is 3. The first-order chi connectivity index (χ1) is 10.9. The summed E-state index contributed by atoms with van der Waals surface area (Å²) in [5.41, 5.74) is 0.327. The number of carbonyl (C=O) groups is 1. The van der Waals surface area contributed by atoms with Crippen LogP contribution in [0.1, 0.15) is 18.5 Å². The largest absolute Gasteiger partial charge is 0.435 e. The Hall–Kier alpha value is -2.64. The van der Waals surface area contributed by atoms with Crippen molar-refractivity contribution in [2.75, 3.05) is 16.8 Å². The maximum atomic E-state index is 12.4. The van der Waals surface area contributed by atoms with Crippen LogP contribution < -0.4 is 10.2 Å². The van der Waals surface area contributed by atoms with Gasteiger partial charge in [-0.15, -0.1) is 10.2 Å². The third-order valence-corrected chi connectivity index (χ3v) is 3.46. The highest BCUT2D eigenvalue weighted by molar-refractivity contribution is 5.95. The number of hydrogen-bond acceptors (Lipinski definition) is 4. The minimum Gasteiger partial charge on any atom is -0.339 e. The number of hydrogen-bond donors (Lipinski definition) is 1. The lowest BCUT2D eigenvalue weighted by atomic mass is 10.2. The molecule has 0 aliphatic carbocycles. The number of anilines is 3. The van der Waals surface area contributed by atoms with Crippen LogP contribution in [0.5, 0.6) is 0 Å². The van der Waals surface area contributed by atoms with Gasteiger partial charge in [0.05, 0.1) is 0 Å². The van der Waals surface area contributed by atoms with E-state index in [0.29, 0.717) is 18.7 Å². The highest BCUT2D eigenvalue weighted by Crippen LogP contribution is 2.28. The van der Waals surface area contributed by atoms with Gasteiger partial charge in [0.15, 0.2) is 11.5 Å². The van der Waals surface area contributed by atoms with Crippen molar-refractivity contribution in [3.05, 3.63) is 42.1 Å².